The predicted octanol–water partition coefficient (Wildman–Crippen LogP) is 1.83. The third-order valence-corrected chi connectivity index (χ3v) is 5.10. The lowest BCUT2D eigenvalue weighted by atomic mass is 10.2. The van der Waals surface area contributed by atoms with Crippen LogP contribution in [0.25, 0.3) is 0 Å². The van der Waals surface area contributed by atoms with Crippen LogP contribution in [0.4, 0.5) is 5.82 Å². The molecule has 1 aliphatic heterocycles. The molecule has 2 aromatic heterocycles. The molecule has 7 heteroatoms. The normalized spacial score (nSPS) is 15.1. The fourth-order valence-corrected chi connectivity index (χ4v) is 3.70. The van der Waals surface area contributed by atoms with Gasteiger partial charge in [-0.25, -0.2) is 4.98 Å². The minimum atomic E-state index is -0.475. The number of amides is 2. The van der Waals surface area contributed by atoms with Crippen molar-refractivity contribution in [1.29, 1.82) is 0 Å². The number of nitrogens with two attached hydrogens (primary N) is 1. The number of aryl methyl sites for hydroxylation is 1. The molecule has 3 heterocycles. The Morgan fingerprint density at radius 2 is 2.04 bits per heavy atom. The third kappa shape index (κ3) is 4.17. The van der Waals surface area contributed by atoms with Gasteiger partial charge in [-0.1, -0.05) is 0 Å². The van der Waals surface area contributed by atoms with E-state index in [9.17, 15) is 9.59 Å². The predicted molar refractivity (Wildman–Crippen MR) is 98.9 cm³/mol. The van der Waals surface area contributed by atoms with E-state index in [0.717, 1.165) is 30.8 Å². The van der Waals surface area contributed by atoms with Gasteiger partial charge in [0.05, 0.1) is 12.0 Å². The molecule has 1 aliphatic rings. The molecule has 25 heavy (non-hydrogen) atoms. The molecule has 0 bridgehead atoms. The molecule has 1 saturated heterocycles. The minimum absolute atomic E-state index is 0.146. The highest BCUT2D eigenvalue weighted by Gasteiger charge is 2.23. The molecule has 3 rings (SSSR count). The Labute approximate surface area is 151 Å². The van der Waals surface area contributed by atoms with Crippen LogP contribution in [0.1, 0.15) is 28.0 Å². The van der Waals surface area contributed by atoms with Crippen molar-refractivity contribution in [3.05, 3.63) is 45.8 Å². The second kappa shape index (κ2) is 7.65. The highest BCUT2D eigenvalue weighted by molar-refractivity contribution is 7.08. The summed E-state index contributed by atoms with van der Waals surface area (Å²) in [4.78, 5) is 32.7. The quantitative estimate of drug-likeness (QED) is 0.904. The van der Waals surface area contributed by atoms with Crippen LogP contribution in [0.15, 0.2) is 29.0 Å². The summed E-state index contributed by atoms with van der Waals surface area (Å²) in [5.74, 6) is 0.296. The number of pyridine rings is 1. The first kappa shape index (κ1) is 17.4. The van der Waals surface area contributed by atoms with Gasteiger partial charge in [0.1, 0.15) is 5.82 Å². The van der Waals surface area contributed by atoms with Crippen LogP contribution in [0.2, 0.25) is 0 Å². The molecule has 0 saturated carbocycles. The topological polar surface area (TPSA) is 79.5 Å². The Hall–Kier alpha value is -2.41. The molecule has 0 aliphatic carbocycles. The smallest absolute Gasteiger partial charge is 0.252 e. The van der Waals surface area contributed by atoms with E-state index in [1.165, 1.54) is 0 Å². The Morgan fingerprint density at radius 3 is 2.76 bits per heavy atom. The van der Waals surface area contributed by atoms with Gasteiger partial charge in [-0.15, -0.1) is 0 Å². The summed E-state index contributed by atoms with van der Waals surface area (Å²) in [5, 5.41) is 4.00. The van der Waals surface area contributed by atoms with E-state index < -0.39 is 5.91 Å². The maximum Gasteiger partial charge on any atom is 0.252 e. The molecule has 0 aromatic carbocycles. The van der Waals surface area contributed by atoms with Crippen LogP contribution in [0.3, 0.4) is 0 Å². The minimum Gasteiger partial charge on any atom is -0.365 e. The Bertz CT molecular complexity index is 760. The zero-order valence-corrected chi connectivity index (χ0v) is 15.1. The molecular weight excluding hydrogens is 336 g/mol. The lowest BCUT2D eigenvalue weighted by molar-refractivity contribution is -0.130. The molecule has 2 aromatic rings. The largest absolute Gasteiger partial charge is 0.365 e. The number of anilines is 1. The van der Waals surface area contributed by atoms with Gasteiger partial charge in [0.2, 0.25) is 5.91 Å². The molecule has 2 N–H and O–H groups in total. The number of aromatic nitrogens is 1. The number of rotatable bonds is 4. The molecule has 2 amide bonds. The van der Waals surface area contributed by atoms with Gasteiger partial charge in [0.15, 0.2) is 0 Å². The summed E-state index contributed by atoms with van der Waals surface area (Å²) in [6, 6.07) is 5.50. The number of hydrogen-bond acceptors (Lipinski definition) is 5. The van der Waals surface area contributed by atoms with E-state index in [0.29, 0.717) is 30.9 Å². The number of carbonyl (C=O) groups is 2. The molecule has 6 nitrogen and oxygen atoms in total. The lowest BCUT2D eigenvalue weighted by Crippen LogP contribution is -2.36. The average Bonchev–Trinajstić information content (AvgIpc) is 2.95. The second-order valence-corrected chi connectivity index (χ2v) is 7.00. The van der Waals surface area contributed by atoms with Crippen molar-refractivity contribution in [1.82, 2.24) is 9.88 Å². The van der Waals surface area contributed by atoms with E-state index >= 15 is 0 Å². The zero-order chi connectivity index (χ0) is 17.8. The molecule has 0 spiro atoms. The molecular formula is C18H22N4O2S. The molecule has 1 fully saturated rings. The van der Waals surface area contributed by atoms with Crippen LogP contribution in [-0.4, -0.2) is 47.9 Å². The standard InChI is InChI=1S/C18H22N4O2S/c1-13-3-4-15(17(19)24)18(20-13)22-7-2-6-21(8-9-22)16(23)11-14-5-10-25-12-14/h3-5,10,12H,2,6-9,11H2,1H3,(H2,19,24). The van der Waals surface area contributed by atoms with Crippen molar-refractivity contribution in [3.63, 3.8) is 0 Å². The van der Waals surface area contributed by atoms with E-state index in [1.807, 2.05) is 28.7 Å². The summed E-state index contributed by atoms with van der Waals surface area (Å²) in [7, 11) is 0. The molecule has 0 unspecified atom stereocenters. The zero-order valence-electron chi connectivity index (χ0n) is 14.3. The molecule has 132 valence electrons. The van der Waals surface area contributed by atoms with Crippen LogP contribution in [-0.2, 0) is 11.2 Å². The van der Waals surface area contributed by atoms with Crippen molar-refractivity contribution >= 4 is 29.0 Å². The van der Waals surface area contributed by atoms with Crippen LogP contribution in [0.5, 0.6) is 0 Å². The fraction of sp³-hybridized carbons (Fsp3) is 0.389. The maximum atomic E-state index is 12.5. The SMILES string of the molecule is Cc1ccc(C(N)=O)c(N2CCCN(C(=O)Cc3ccsc3)CC2)n1. The van der Waals surface area contributed by atoms with Crippen molar-refractivity contribution in [2.45, 2.75) is 19.8 Å². The Kier molecular flexibility index (Phi) is 5.33. The summed E-state index contributed by atoms with van der Waals surface area (Å²) in [6.07, 6.45) is 1.28. The van der Waals surface area contributed by atoms with Gasteiger partial charge in [0.25, 0.3) is 5.91 Å². The van der Waals surface area contributed by atoms with E-state index in [1.54, 1.807) is 23.5 Å². The van der Waals surface area contributed by atoms with Crippen molar-refractivity contribution in [2.24, 2.45) is 5.73 Å². The number of primary amides is 1. The maximum absolute atomic E-state index is 12.5. The van der Waals surface area contributed by atoms with Crippen molar-refractivity contribution in [2.75, 3.05) is 31.1 Å². The van der Waals surface area contributed by atoms with Gasteiger partial charge in [0, 0.05) is 31.9 Å². The first-order valence-corrected chi connectivity index (χ1v) is 9.30. The fourth-order valence-electron chi connectivity index (χ4n) is 3.03. The third-order valence-electron chi connectivity index (χ3n) is 4.36. The highest BCUT2D eigenvalue weighted by atomic mass is 32.1. The van der Waals surface area contributed by atoms with Crippen LogP contribution >= 0.6 is 11.3 Å². The molecule has 0 radical (unpaired) electrons. The second-order valence-electron chi connectivity index (χ2n) is 6.22. The summed E-state index contributed by atoms with van der Waals surface area (Å²) >= 11 is 1.60. The van der Waals surface area contributed by atoms with Gasteiger partial charge < -0.3 is 15.5 Å². The average molecular weight is 358 g/mol. The first-order valence-electron chi connectivity index (χ1n) is 8.36. The van der Waals surface area contributed by atoms with E-state index in [2.05, 4.69) is 9.88 Å². The van der Waals surface area contributed by atoms with Gasteiger partial charge >= 0.3 is 0 Å². The van der Waals surface area contributed by atoms with Crippen LogP contribution < -0.4 is 10.6 Å². The monoisotopic (exact) mass is 358 g/mol. The Morgan fingerprint density at radius 1 is 1.20 bits per heavy atom. The number of thiophene rings is 1. The van der Waals surface area contributed by atoms with E-state index in [4.69, 9.17) is 5.73 Å². The van der Waals surface area contributed by atoms with Crippen LogP contribution in [0, 0.1) is 6.92 Å². The van der Waals surface area contributed by atoms with E-state index in [-0.39, 0.29) is 5.91 Å². The summed E-state index contributed by atoms with van der Waals surface area (Å²) in [6.45, 7) is 4.63. The van der Waals surface area contributed by atoms with Crippen molar-refractivity contribution < 1.29 is 9.59 Å². The van der Waals surface area contributed by atoms with Crippen molar-refractivity contribution in [3.8, 4) is 0 Å². The number of hydrogen-bond donors (Lipinski definition) is 1. The highest BCUT2D eigenvalue weighted by Crippen LogP contribution is 2.20. The van der Waals surface area contributed by atoms with Gasteiger partial charge in [-0.05, 0) is 47.9 Å². The lowest BCUT2D eigenvalue weighted by Gasteiger charge is -2.24. The molecule has 0 atom stereocenters. The van der Waals surface area contributed by atoms with Gasteiger partial charge in [-0.3, -0.25) is 9.59 Å². The van der Waals surface area contributed by atoms with Gasteiger partial charge in [-0.2, -0.15) is 11.3 Å². The first-order chi connectivity index (χ1) is 12.0. The number of nitrogens with zero attached hydrogens (tertiary/aromatic N) is 3. The number of carbonyl (C=O) groups excluding carboxylic acids is 2. The summed E-state index contributed by atoms with van der Waals surface area (Å²) in [5.41, 5.74) is 7.83. The Balaban J connectivity index is 1.70. The summed E-state index contributed by atoms with van der Waals surface area (Å²) < 4.78 is 0.